The maximum Gasteiger partial charge on any atom is 0.308 e. The lowest BCUT2D eigenvalue weighted by Crippen LogP contribution is -2.39. The van der Waals surface area contributed by atoms with E-state index in [0.717, 1.165) is 0 Å². The van der Waals surface area contributed by atoms with Crippen LogP contribution in [0.1, 0.15) is 24.4 Å². The second kappa shape index (κ2) is 9.42. The molecule has 0 aliphatic rings. The van der Waals surface area contributed by atoms with Gasteiger partial charge in [0.05, 0.1) is 12.2 Å². The fraction of sp³-hybridized carbons (Fsp3) is 0.316. The van der Waals surface area contributed by atoms with Gasteiger partial charge in [0, 0.05) is 24.8 Å². The number of aliphatic carboxylic acids is 1. The number of amides is 2. The first-order valence-corrected chi connectivity index (χ1v) is 8.49. The van der Waals surface area contributed by atoms with Crippen LogP contribution in [0.25, 0.3) is 0 Å². The highest BCUT2D eigenvalue weighted by Crippen LogP contribution is 2.18. The van der Waals surface area contributed by atoms with E-state index in [1.165, 1.54) is 11.2 Å². The number of hydrogen-bond donors (Lipinski definition) is 2. The van der Waals surface area contributed by atoms with Gasteiger partial charge in [-0.25, -0.2) is 0 Å². The highest BCUT2D eigenvalue weighted by Gasteiger charge is 2.19. The Labute approximate surface area is 156 Å². The van der Waals surface area contributed by atoms with Crippen molar-refractivity contribution in [2.24, 2.45) is 5.92 Å². The third-order valence-electron chi connectivity index (χ3n) is 3.85. The summed E-state index contributed by atoms with van der Waals surface area (Å²) in [6.07, 6.45) is 1.41. The maximum absolute atomic E-state index is 12.2. The van der Waals surface area contributed by atoms with E-state index in [1.807, 2.05) is 0 Å². The number of anilines is 1. The van der Waals surface area contributed by atoms with Crippen molar-refractivity contribution in [3.63, 3.8) is 0 Å². The Morgan fingerprint density at radius 1 is 1.26 bits per heavy atom. The van der Waals surface area contributed by atoms with Crippen LogP contribution < -0.4 is 10.1 Å². The van der Waals surface area contributed by atoms with Crippen molar-refractivity contribution < 1.29 is 28.6 Å². The zero-order chi connectivity index (χ0) is 19.8. The summed E-state index contributed by atoms with van der Waals surface area (Å²) in [6, 6.07) is 9.77. The number of carbonyl (C=O) groups is 3. The molecule has 0 aliphatic carbocycles. The van der Waals surface area contributed by atoms with Gasteiger partial charge >= 0.3 is 5.97 Å². The summed E-state index contributed by atoms with van der Waals surface area (Å²) in [5.41, 5.74) is 0.494. The largest absolute Gasteiger partial charge is 0.484 e. The summed E-state index contributed by atoms with van der Waals surface area (Å²) in [5.74, 6) is -1.73. The van der Waals surface area contributed by atoms with Crippen LogP contribution in [0.3, 0.4) is 0 Å². The van der Waals surface area contributed by atoms with Crippen LogP contribution in [0, 0.1) is 5.92 Å². The number of nitrogens with zero attached hydrogens (tertiary/aromatic N) is 1. The molecule has 1 unspecified atom stereocenters. The fourth-order valence-corrected chi connectivity index (χ4v) is 2.32. The number of benzene rings is 1. The van der Waals surface area contributed by atoms with Crippen molar-refractivity contribution in [2.75, 3.05) is 25.0 Å². The Morgan fingerprint density at radius 2 is 2.04 bits per heavy atom. The molecule has 8 heteroatoms. The standard InChI is InChI=1S/C19H22N2O6/c1-3-21(11-13(2)19(24)25)17(22)12-27-15-7-4-6-14(10-15)20-18(23)16-8-5-9-26-16/h4-10,13H,3,11-12H2,1-2H3,(H,20,23)(H,24,25). The molecule has 144 valence electrons. The van der Waals surface area contributed by atoms with E-state index < -0.39 is 17.8 Å². The highest BCUT2D eigenvalue weighted by molar-refractivity contribution is 6.02. The molecule has 2 rings (SSSR count). The summed E-state index contributed by atoms with van der Waals surface area (Å²) in [6.45, 7) is 3.60. The van der Waals surface area contributed by atoms with Crippen molar-refractivity contribution in [3.8, 4) is 5.75 Å². The Balaban J connectivity index is 1.92. The molecular weight excluding hydrogens is 352 g/mol. The molecule has 1 aromatic carbocycles. The van der Waals surface area contributed by atoms with E-state index in [2.05, 4.69) is 5.32 Å². The summed E-state index contributed by atoms with van der Waals surface area (Å²) < 4.78 is 10.5. The third-order valence-corrected chi connectivity index (χ3v) is 3.85. The van der Waals surface area contributed by atoms with Crippen LogP contribution >= 0.6 is 0 Å². The first-order chi connectivity index (χ1) is 12.9. The average Bonchev–Trinajstić information content (AvgIpc) is 3.19. The predicted molar refractivity (Wildman–Crippen MR) is 97.7 cm³/mol. The normalized spacial score (nSPS) is 11.5. The summed E-state index contributed by atoms with van der Waals surface area (Å²) in [7, 11) is 0. The van der Waals surface area contributed by atoms with Gasteiger partial charge in [-0.15, -0.1) is 0 Å². The van der Waals surface area contributed by atoms with Crippen molar-refractivity contribution in [2.45, 2.75) is 13.8 Å². The van der Waals surface area contributed by atoms with Crippen LogP contribution in [-0.2, 0) is 9.59 Å². The molecule has 0 saturated heterocycles. The van der Waals surface area contributed by atoms with Crippen molar-refractivity contribution in [1.82, 2.24) is 4.90 Å². The van der Waals surface area contributed by atoms with E-state index >= 15 is 0 Å². The lowest BCUT2D eigenvalue weighted by Gasteiger charge is -2.23. The van der Waals surface area contributed by atoms with Crippen LogP contribution in [0.2, 0.25) is 0 Å². The Bertz CT molecular complexity index is 787. The van der Waals surface area contributed by atoms with Crippen molar-refractivity contribution >= 4 is 23.5 Å². The second-order valence-corrected chi connectivity index (χ2v) is 5.92. The Kier molecular flexibility index (Phi) is 6.99. The lowest BCUT2D eigenvalue weighted by molar-refractivity contribution is -0.143. The minimum Gasteiger partial charge on any atom is -0.484 e. The molecule has 0 bridgehead atoms. The molecule has 0 saturated carbocycles. The molecule has 8 nitrogen and oxygen atoms in total. The number of likely N-dealkylation sites (N-methyl/N-ethyl adjacent to an activating group) is 1. The molecule has 0 aliphatic heterocycles. The van der Waals surface area contributed by atoms with Gasteiger partial charge in [0.25, 0.3) is 11.8 Å². The van der Waals surface area contributed by atoms with Gasteiger partial charge in [0.1, 0.15) is 5.75 Å². The molecule has 0 radical (unpaired) electrons. The number of nitrogens with one attached hydrogen (secondary N) is 1. The number of ether oxygens (including phenoxy) is 1. The number of rotatable bonds is 9. The monoisotopic (exact) mass is 374 g/mol. The first kappa shape index (κ1) is 20.0. The number of hydrogen-bond acceptors (Lipinski definition) is 5. The van der Waals surface area contributed by atoms with Crippen LogP contribution in [0.15, 0.2) is 47.1 Å². The van der Waals surface area contributed by atoms with Crippen molar-refractivity contribution in [3.05, 3.63) is 48.4 Å². The summed E-state index contributed by atoms with van der Waals surface area (Å²) in [4.78, 5) is 36.6. The fourth-order valence-electron chi connectivity index (χ4n) is 2.32. The van der Waals surface area contributed by atoms with Gasteiger partial charge in [-0.05, 0) is 31.2 Å². The van der Waals surface area contributed by atoms with Gasteiger partial charge < -0.3 is 24.5 Å². The quantitative estimate of drug-likeness (QED) is 0.698. The van der Waals surface area contributed by atoms with Crippen LogP contribution in [-0.4, -0.2) is 47.5 Å². The molecule has 0 spiro atoms. The molecule has 0 fully saturated rings. The van der Waals surface area contributed by atoms with Crippen molar-refractivity contribution in [1.29, 1.82) is 0 Å². The smallest absolute Gasteiger partial charge is 0.308 e. The molecule has 2 N–H and O–H groups in total. The zero-order valence-corrected chi connectivity index (χ0v) is 15.2. The third kappa shape index (κ3) is 5.88. The summed E-state index contributed by atoms with van der Waals surface area (Å²) >= 11 is 0. The van der Waals surface area contributed by atoms with E-state index in [-0.39, 0.29) is 24.8 Å². The average molecular weight is 374 g/mol. The van der Waals surface area contributed by atoms with Crippen LogP contribution in [0.5, 0.6) is 5.75 Å². The first-order valence-electron chi connectivity index (χ1n) is 8.49. The molecule has 2 amide bonds. The molecule has 1 aromatic heterocycles. The lowest BCUT2D eigenvalue weighted by atomic mass is 10.1. The molecule has 1 heterocycles. The zero-order valence-electron chi connectivity index (χ0n) is 15.2. The number of carboxylic acid groups (broad SMARTS) is 1. The van der Waals surface area contributed by atoms with E-state index in [4.69, 9.17) is 14.3 Å². The van der Waals surface area contributed by atoms with Crippen LogP contribution in [0.4, 0.5) is 5.69 Å². The molecule has 1 atom stereocenters. The number of carboxylic acids is 1. The van der Waals surface area contributed by atoms with Gasteiger partial charge in [0.2, 0.25) is 0 Å². The number of carbonyl (C=O) groups excluding carboxylic acids is 2. The Morgan fingerprint density at radius 3 is 2.67 bits per heavy atom. The molecular formula is C19H22N2O6. The SMILES string of the molecule is CCN(CC(C)C(=O)O)C(=O)COc1cccc(NC(=O)c2ccco2)c1. The van der Waals surface area contributed by atoms with Gasteiger partial charge in [0.15, 0.2) is 12.4 Å². The van der Waals surface area contributed by atoms with Gasteiger partial charge in [-0.1, -0.05) is 13.0 Å². The molecule has 27 heavy (non-hydrogen) atoms. The van der Waals surface area contributed by atoms with E-state index in [0.29, 0.717) is 18.0 Å². The highest BCUT2D eigenvalue weighted by atomic mass is 16.5. The van der Waals surface area contributed by atoms with Gasteiger partial charge in [-0.3, -0.25) is 14.4 Å². The maximum atomic E-state index is 12.2. The minimum atomic E-state index is -0.956. The van der Waals surface area contributed by atoms with Gasteiger partial charge in [-0.2, -0.15) is 0 Å². The summed E-state index contributed by atoms with van der Waals surface area (Å²) in [5, 5.41) is 11.6. The molecule has 2 aromatic rings. The number of furan rings is 1. The minimum absolute atomic E-state index is 0.118. The van der Waals surface area contributed by atoms with E-state index in [1.54, 1.807) is 50.2 Å². The van der Waals surface area contributed by atoms with E-state index in [9.17, 15) is 14.4 Å². The Hall–Kier alpha value is -3.29. The predicted octanol–water partition coefficient (Wildman–Crippen LogP) is 2.48. The topological polar surface area (TPSA) is 109 Å². The second-order valence-electron chi connectivity index (χ2n) is 5.92.